The highest BCUT2D eigenvalue weighted by atomic mass is 35.5. The smallest absolute Gasteiger partial charge is 0.411 e. The average Bonchev–Trinajstić information content (AvgIpc) is 2.92. The molecule has 0 aromatic rings. The Morgan fingerprint density at radius 2 is 1.78 bits per heavy atom. The van der Waals surface area contributed by atoms with Crippen molar-refractivity contribution in [3.63, 3.8) is 0 Å². The summed E-state index contributed by atoms with van der Waals surface area (Å²) in [5, 5.41) is 0. The van der Waals surface area contributed by atoms with Crippen LogP contribution in [-0.4, -0.2) is 41.2 Å². The summed E-state index contributed by atoms with van der Waals surface area (Å²) >= 11 is 5.52. The van der Waals surface area contributed by atoms with Crippen molar-refractivity contribution in [3.8, 4) is 0 Å². The first kappa shape index (κ1) is 18.4. The number of esters is 1. The van der Waals surface area contributed by atoms with Gasteiger partial charge in [0, 0.05) is 6.54 Å². The molecule has 1 amide bonds. The van der Waals surface area contributed by atoms with Gasteiger partial charge in [-0.25, -0.2) is 9.59 Å². The van der Waals surface area contributed by atoms with Gasteiger partial charge in [-0.2, -0.15) is 0 Å². The largest absolute Gasteiger partial charge is 0.448 e. The average molecular weight is 346 g/mol. The molecule has 0 spiro atoms. The van der Waals surface area contributed by atoms with Gasteiger partial charge >= 0.3 is 12.1 Å². The number of nitrogens with zero attached hydrogens (tertiary/aromatic N) is 1. The molecule has 0 unspecified atom stereocenters. The fraction of sp³-hybridized carbons (Fsp3) is 0.882. The zero-order valence-electron chi connectivity index (χ0n) is 14.3. The van der Waals surface area contributed by atoms with Crippen molar-refractivity contribution in [3.05, 3.63) is 0 Å². The van der Waals surface area contributed by atoms with Crippen molar-refractivity contribution >= 4 is 23.7 Å². The molecule has 1 saturated heterocycles. The van der Waals surface area contributed by atoms with Gasteiger partial charge in [0.2, 0.25) is 0 Å². The first-order valence-corrected chi connectivity index (χ1v) is 9.07. The molecule has 23 heavy (non-hydrogen) atoms. The molecular formula is C17H28ClNO4. The fourth-order valence-electron chi connectivity index (χ4n) is 3.71. The van der Waals surface area contributed by atoms with Gasteiger partial charge in [0.05, 0.1) is 0 Å². The van der Waals surface area contributed by atoms with Gasteiger partial charge in [-0.3, -0.25) is 4.90 Å². The lowest BCUT2D eigenvalue weighted by Crippen LogP contribution is -2.44. The van der Waals surface area contributed by atoms with Crippen LogP contribution in [0.4, 0.5) is 4.79 Å². The number of ether oxygens (including phenoxy) is 2. The lowest BCUT2D eigenvalue weighted by atomic mass is 9.79. The molecule has 0 N–H and O–H groups in total. The minimum Gasteiger partial charge on any atom is -0.448 e. The second kappa shape index (κ2) is 7.73. The zero-order valence-corrected chi connectivity index (χ0v) is 15.1. The van der Waals surface area contributed by atoms with Crippen LogP contribution in [0, 0.1) is 11.8 Å². The molecule has 1 saturated carbocycles. The van der Waals surface area contributed by atoms with Crippen molar-refractivity contribution in [1.82, 2.24) is 4.90 Å². The highest BCUT2D eigenvalue weighted by Crippen LogP contribution is 2.38. The molecule has 0 aromatic carbocycles. The normalized spacial score (nSPS) is 26.2. The molecule has 1 heterocycles. The van der Waals surface area contributed by atoms with Crippen LogP contribution in [0.3, 0.4) is 0 Å². The van der Waals surface area contributed by atoms with Gasteiger partial charge < -0.3 is 9.47 Å². The summed E-state index contributed by atoms with van der Waals surface area (Å²) in [5.74, 6) is 0.502. The maximum atomic E-state index is 12.5. The van der Waals surface area contributed by atoms with Gasteiger partial charge in [0.25, 0.3) is 0 Å². The Bertz CT molecular complexity index is 429. The van der Waals surface area contributed by atoms with Crippen LogP contribution in [0.25, 0.3) is 0 Å². The molecule has 0 radical (unpaired) electrons. The lowest BCUT2D eigenvalue weighted by molar-refractivity contribution is -0.146. The number of alkyl halides is 1. The van der Waals surface area contributed by atoms with E-state index in [2.05, 4.69) is 0 Å². The van der Waals surface area contributed by atoms with Gasteiger partial charge in [0.1, 0.15) is 11.6 Å². The van der Waals surface area contributed by atoms with Gasteiger partial charge in [-0.05, 0) is 39.0 Å². The van der Waals surface area contributed by atoms with E-state index in [1.165, 1.54) is 32.1 Å². The Balaban J connectivity index is 2.08. The van der Waals surface area contributed by atoms with E-state index in [1.807, 2.05) is 20.8 Å². The molecule has 1 aliphatic heterocycles. The van der Waals surface area contributed by atoms with Crippen LogP contribution in [-0.2, 0) is 14.3 Å². The van der Waals surface area contributed by atoms with Gasteiger partial charge in [-0.15, -0.1) is 0 Å². The predicted octanol–water partition coefficient (Wildman–Crippen LogP) is 3.93. The molecule has 5 nitrogen and oxygen atoms in total. The third-order valence-electron chi connectivity index (χ3n) is 4.75. The van der Waals surface area contributed by atoms with E-state index in [0.29, 0.717) is 24.8 Å². The molecule has 2 fully saturated rings. The minimum atomic E-state index is -0.582. The Morgan fingerprint density at radius 1 is 1.13 bits per heavy atom. The second-order valence-electron chi connectivity index (χ2n) is 7.61. The number of amides is 1. The molecule has 1 aliphatic carbocycles. The van der Waals surface area contributed by atoms with Crippen molar-refractivity contribution in [2.75, 3.05) is 12.6 Å². The molecule has 132 valence electrons. The first-order chi connectivity index (χ1) is 10.8. The standard InChI is InChI=1S/C17H28ClNO4/c1-17(2,3)23-16(21)19-10-13(12-7-5-4-6-8-12)9-14(19)15(20)22-11-18/h12-14H,4-11H2,1-3H3/t13-,14+/m1/s1. The van der Waals surface area contributed by atoms with Crippen LogP contribution in [0.5, 0.6) is 0 Å². The fourth-order valence-corrected chi connectivity index (χ4v) is 3.82. The number of hydrogen-bond acceptors (Lipinski definition) is 4. The van der Waals surface area contributed by atoms with E-state index in [4.69, 9.17) is 21.1 Å². The third-order valence-corrected chi connectivity index (χ3v) is 4.86. The highest BCUT2D eigenvalue weighted by Gasteiger charge is 2.44. The van der Waals surface area contributed by atoms with Crippen molar-refractivity contribution in [2.24, 2.45) is 11.8 Å². The maximum Gasteiger partial charge on any atom is 0.411 e. The molecule has 2 aliphatic rings. The summed E-state index contributed by atoms with van der Waals surface area (Å²) in [6, 6.07) is -0.762. The topological polar surface area (TPSA) is 55.8 Å². The lowest BCUT2D eigenvalue weighted by Gasteiger charge is -2.28. The highest BCUT2D eigenvalue weighted by molar-refractivity contribution is 6.17. The summed E-state index contributed by atoms with van der Waals surface area (Å²) in [7, 11) is 0. The molecule has 0 aromatic heterocycles. The summed E-state index contributed by atoms with van der Waals surface area (Å²) in [6.45, 7) is 6.05. The van der Waals surface area contributed by atoms with E-state index >= 15 is 0 Å². The number of likely N-dealkylation sites (tertiary alicyclic amines) is 1. The van der Waals surface area contributed by atoms with E-state index in [1.54, 1.807) is 4.90 Å². The number of carbonyl (C=O) groups is 2. The van der Waals surface area contributed by atoms with Crippen LogP contribution in [0.2, 0.25) is 0 Å². The predicted molar refractivity (Wildman–Crippen MR) is 88.2 cm³/mol. The summed E-state index contributed by atoms with van der Waals surface area (Å²) < 4.78 is 10.4. The Morgan fingerprint density at radius 3 is 2.35 bits per heavy atom. The van der Waals surface area contributed by atoms with Crippen LogP contribution < -0.4 is 0 Å². The van der Waals surface area contributed by atoms with E-state index < -0.39 is 23.7 Å². The van der Waals surface area contributed by atoms with Crippen molar-refractivity contribution < 1.29 is 19.1 Å². The quantitative estimate of drug-likeness (QED) is 0.574. The molecular weight excluding hydrogens is 318 g/mol. The Labute approximate surface area is 143 Å². The monoisotopic (exact) mass is 345 g/mol. The van der Waals surface area contributed by atoms with E-state index in [9.17, 15) is 9.59 Å². The summed E-state index contributed by atoms with van der Waals surface area (Å²) in [5.41, 5.74) is -0.582. The number of carbonyl (C=O) groups excluding carboxylic acids is 2. The van der Waals surface area contributed by atoms with Crippen LogP contribution >= 0.6 is 11.6 Å². The SMILES string of the molecule is CC(C)(C)OC(=O)N1C[C@H](C2CCCCC2)C[C@H]1C(=O)OCCl. The minimum absolute atomic E-state index is 0.189. The summed E-state index contributed by atoms with van der Waals surface area (Å²) in [4.78, 5) is 26.2. The number of halogens is 1. The first-order valence-electron chi connectivity index (χ1n) is 8.54. The molecule has 6 heteroatoms. The Hall–Kier alpha value is -0.970. The second-order valence-corrected chi connectivity index (χ2v) is 7.83. The molecule has 0 bridgehead atoms. The van der Waals surface area contributed by atoms with Crippen LogP contribution in [0.15, 0.2) is 0 Å². The van der Waals surface area contributed by atoms with E-state index in [-0.39, 0.29) is 6.07 Å². The summed E-state index contributed by atoms with van der Waals surface area (Å²) in [6.07, 6.45) is 6.35. The Kier molecular flexibility index (Phi) is 6.18. The van der Waals surface area contributed by atoms with Gasteiger partial charge in [-0.1, -0.05) is 43.7 Å². The van der Waals surface area contributed by atoms with Crippen LogP contribution in [0.1, 0.15) is 59.3 Å². The van der Waals surface area contributed by atoms with Gasteiger partial charge in [0.15, 0.2) is 6.07 Å². The zero-order chi connectivity index (χ0) is 17.0. The van der Waals surface area contributed by atoms with Crippen molar-refractivity contribution in [1.29, 1.82) is 0 Å². The van der Waals surface area contributed by atoms with E-state index in [0.717, 1.165) is 0 Å². The number of rotatable bonds is 3. The van der Waals surface area contributed by atoms with Crippen molar-refractivity contribution in [2.45, 2.75) is 70.9 Å². The number of hydrogen-bond donors (Lipinski definition) is 0. The third kappa shape index (κ3) is 5.00. The molecule has 2 atom stereocenters. The molecule has 2 rings (SSSR count). The maximum absolute atomic E-state index is 12.5.